The van der Waals surface area contributed by atoms with Crippen LogP contribution in [0.25, 0.3) is 0 Å². The van der Waals surface area contributed by atoms with Crippen LogP contribution in [0.4, 0.5) is 16.2 Å². The average Bonchev–Trinajstić information content (AvgIpc) is 2.66. The molecule has 0 fully saturated rings. The number of carbonyl (C=O) groups is 3. The first kappa shape index (κ1) is 20.3. The Morgan fingerprint density at radius 1 is 0.963 bits per heavy atom. The third-order valence-electron chi connectivity index (χ3n) is 3.31. The molecule has 0 aliphatic carbocycles. The van der Waals surface area contributed by atoms with E-state index in [1.54, 1.807) is 36.9 Å². The minimum Gasteiger partial charge on any atom is -0.452 e. The summed E-state index contributed by atoms with van der Waals surface area (Å²) in [4.78, 5) is 36.5. The summed E-state index contributed by atoms with van der Waals surface area (Å²) >= 11 is 1.56. The van der Waals surface area contributed by atoms with Crippen molar-refractivity contribution in [3.63, 3.8) is 0 Å². The summed E-state index contributed by atoms with van der Waals surface area (Å²) in [5.74, 6) is -1.11. The quantitative estimate of drug-likeness (QED) is 0.554. The number of hydrogen-bond acceptors (Lipinski definition) is 6. The molecule has 2 amide bonds. The van der Waals surface area contributed by atoms with Gasteiger partial charge < -0.3 is 14.8 Å². The van der Waals surface area contributed by atoms with Crippen LogP contribution in [0.1, 0.15) is 17.3 Å². The molecule has 142 valence electrons. The smallest absolute Gasteiger partial charge is 0.411 e. The van der Waals surface area contributed by atoms with Gasteiger partial charge in [0.1, 0.15) is 0 Å². The summed E-state index contributed by atoms with van der Waals surface area (Å²) in [6.07, 6.45) is 1.32. The molecule has 0 aliphatic heterocycles. The van der Waals surface area contributed by atoms with E-state index < -0.39 is 24.6 Å². The molecule has 0 unspecified atom stereocenters. The van der Waals surface area contributed by atoms with Gasteiger partial charge in [0.25, 0.3) is 5.91 Å². The second-order valence-corrected chi connectivity index (χ2v) is 6.16. The Morgan fingerprint density at radius 2 is 1.67 bits per heavy atom. The molecule has 0 atom stereocenters. The third kappa shape index (κ3) is 6.67. The number of thioether (sulfide) groups is 1. The zero-order valence-electron chi connectivity index (χ0n) is 15.0. The number of nitrogens with one attached hydrogen (secondary N) is 2. The number of hydrogen-bond donors (Lipinski definition) is 2. The normalized spacial score (nSPS) is 10.0. The van der Waals surface area contributed by atoms with E-state index in [9.17, 15) is 14.4 Å². The number of benzene rings is 2. The molecule has 0 aromatic heterocycles. The van der Waals surface area contributed by atoms with E-state index in [4.69, 9.17) is 9.47 Å². The van der Waals surface area contributed by atoms with Gasteiger partial charge in [-0.1, -0.05) is 12.1 Å². The van der Waals surface area contributed by atoms with Crippen LogP contribution < -0.4 is 10.6 Å². The lowest BCUT2D eigenvalue weighted by atomic mass is 10.2. The van der Waals surface area contributed by atoms with Crippen molar-refractivity contribution in [2.75, 3.05) is 30.1 Å². The Morgan fingerprint density at radius 3 is 2.37 bits per heavy atom. The van der Waals surface area contributed by atoms with Crippen molar-refractivity contribution in [3.8, 4) is 0 Å². The lowest BCUT2D eigenvalue weighted by Crippen LogP contribution is -2.21. The first-order valence-electron chi connectivity index (χ1n) is 8.16. The molecule has 0 saturated heterocycles. The molecule has 0 saturated carbocycles. The molecule has 0 heterocycles. The summed E-state index contributed by atoms with van der Waals surface area (Å²) < 4.78 is 9.80. The van der Waals surface area contributed by atoms with Crippen LogP contribution in [0.5, 0.6) is 0 Å². The van der Waals surface area contributed by atoms with Gasteiger partial charge >= 0.3 is 12.1 Å². The fourth-order valence-corrected chi connectivity index (χ4v) is 2.58. The summed E-state index contributed by atoms with van der Waals surface area (Å²) in [6, 6.07) is 13.5. The van der Waals surface area contributed by atoms with E-state index in [0.29, 0.717) is 11.4 Å². The summed E-state index contributed by atoms with van der Waals surface area (Å²) in [5, 5.41) is 5.17. The van der Waals surface area contributed by atoms with Gasteiger partial charge in [-0.2, -0.15) is 0 Å². The van der Waals surface area contributed by atoms with Crippen molar-refractivity contribution in [2.45, 2.75) is 11.8 Å². The SMILES string of the molecule is CCOC(=O)Nc1cccc(C(=O)OCC(=O)Nc2cccc(SC)c2)c1. The van der Waals surface area contributed by atoms with Crippen LogP contribution in [-0.4, -0.2) is 37.4 Å². The largest absolute Gasteiger partial charge is 0.452 e. The van der Waals surface area contributed by atoms with Gasteiger partial charge in [-0.3, -0.25) is 10.1 Å². The van der Waals surface area contributed by atoms with Crippen molar-refractivity contribution in [1.29, 1.82) is 0 Å². The molecule has 2 N–H and O–H groups in total. The first-order valence-corrected chi connectivity index (χ1v) is 9.39. The number of esters is 1. The van der Waals surface area contributed by atoms with Crippen LogP contribution >= 0.6 is 11.8 Å². The van der Waals surface area contributed by atoms with E-state index in [1.165, 1.54) is 12.1 Å². The van der Waals surface area contributed by atoms with Crippen LogP contribution in [0.2, 0.25) is 0 Å². The van der Waals surface area contributed by atoms with Crippen molar-refractivity contribution < 1.29 is 23.9 Å². The van der Waals surface area contributed by atoms with E-state index in [-0.39, 0.29) is 12.2 Å². The van der Waals surface area contributed by atoms with E-state index >= 15 is 0 Å². The molecular formula is C19H20N2O5S. The highest BCUT2D eigenvalue weighted by molar-refractivity contribution is 7.98. The lowest BCUT2D eigenvalue weighted by Gasteiger charge is -2.09. The van der Waals surface area contributed by atoms with E-state index in [1.807, 2.05) is 24.5 Å². The summed E-state index contributed by atoms with van der Waals surface area (Å²) in [6.45, 7) is 1.51. The van der Waals surface area contributed by atoms with Gasteiger partial charge in [0.15, 0.2) is 6.61 Å². The highest BCUT2D eigenvalue weighted by Gasteiger charge is 2.12. The number of ether oxygens (including phenoxy) is 2. The molecule has 2 aromatic carbocycles. The predicted molar refractivity (Wildman–Crippen MR) is 104 cm³/mol. The maximum atomic E-state index is 12.1. The number of carbonyl (C=O) groups excluding carboxylic acids is 3. The van der Waals surface area contributed by atoms with Crippen molar-refractivity contribution >= 4 is 41.1 Å². The van der Waals surface area contributed by atoms with Gasteiger partial charge in [-0.25, -0.2) is 9.59 Å². The molecule has 2 aromatic rings. The van der Waals surface area contributed by atoms with Crippen LogP contribution in [0, 0.1) is 0 Å². The highest BCUT2D eigenvalue weighted by Crippen LogP contribution is 2.19. The molecule has 0 spiro atoms. The van der Waals surface area contributed by atoms with Gasteiger partial charge in [-0.15, -0.1) is 11.8 Å². The molecule has 7 nitrogen and oxygen atoms in total. The molecule has 0 aliphatic rings. The van der Waals surface area contributed by atoms with Crippen molar-refractivity contribution in [2.24, 2.45) is 0 Å². The Labute approximate surface area is 161 Å². The zero-order valence-corrected chi connectivity index (χ0v) is 15.8. The molecule has 0 radical (unpaired) electrons. The second-order valence-electron chi connectivity index (χ2n) is 5.28. The van der Waals surface area contributed by atoms with Crippen LogP contribution in [0.3, 0.4) is 0 Å². The molecule has 2 rings (SSSR count). The van der Waals surface area contributed by atoms with Crippen LogP contribution in [0.15, 0.2) is 53.4 Å². The second kappa shape index (κ2) is 10.2. The number of rotatable bonds is 7. The minimum atomic E-state index is -0.671. The third-order valence-corrected chi connectivity index (χ3v) is 4.03. The Balaban J connectivity index is 1.89. The maximum Gasteiger partial charge on any atom is 0.411 e. The Kier molecular flexibility index (Phi) is 7.69. The fourth-order valence-electron chi connectivity index (χ4n) is 2.12. The minimum absolute atomic E-state index is 0.210. The maximum absolute atomic E-state index is 12.1. The van der Waals surface area contributed by atoms with Gasteiger partial charge in [0, 0.05) is 16.3 Å². The summed E-state index contributed by atoms with van der Waals surface area (Å²) in [7, 11) is 0. The van der Waals surface area contributed by atoms with Gasteiger partial charge in [0.05, 0.1) is 12.2 Å². The van der Waals surface area contributed by atoms with E-state index in [0.717, 1.165) is 4.90 Å². The number of amides is 2. The number of anilines is 2. The monoisotopic (exact) mass is 388 g/mol. The highest BCUT2D eigenvalue weighted by atomic mass is 32.2. The van der Waals surface area contributed by atoms with Crippen molar-refractivity contribution in [1.82, 2.24) is 0 Å². The predicted octanol–water partition coefficient (Wildman–Crippen LogP) is 3.77. The molecule has 27 heavy (non-hydrogen) atoms. The summed E-state index contributed by atoms with van der Waals surface area (Å²) in [5.41, 5.74) is 1.23. The fraction of sp³-hybridized carbons (Fsp3) is 0.211. The average molecular weight is 388 g/mol. The first-order chi connectivity index (χ1) is 13.0. The topological polar surface area (TPSA) is 93.7 Å². The van der Waals surface area contributed by atoms with Gasteiger partial charge in [-0.05, 0) is 49.6 Å². The Hall–Kier alpha value is -3.00. The van der Waals surface area contributed by atoms with Crippen molar-refractivity contribution in [3.05, 3.63) is 54.1 Å². The standard InChI is InChI=1S/C19H20N2O5S/c1-3-25-19(24)21-14-7-4-6-13(10-14)18(23)26-12-17(22)20-15-8-5-9-16(11-15)27-2/h4-11H,3,12H2,1-2H3,(H,20,22)(H,21,24). The zero-order chi connectivity index (χ0) is 19.6. The van der Waals surface area contributed by atoms with Gasteiger partial charge in [0.2, 0.25) is 0 Å². The molecule has 0 bridgehead atoms. The van der Waals surface area contributed by atoms with Crippen LogP contribution in [-0.2, 0) is 14.3 Å². The van der Waals surface area contributed by atoms with E-state index in [2.05, 4.69) is 10.6 Å². The molecule has 8 heteroatoms. The lowest BCUT2D eigenvalue weighted by molar-refractivity contribution is -0.119. The molecular weight excluding hydrogens is 368 g/mol. The Bertz CT molecular complexity index is 825.